The second kappa shape index (κ2) is 6.70. The van der Waals surface area contributed by atoms with E-state index in [1.165, 1.54) is 0 Å². The van der Waals surface area contributed by atoms with Crippen LogP contribution in [0.25, 0.3) is 5.69 Å². The molecule has 0 bridgehead atoms. The number of aromatic nitrogens is 2. The molecule has 6 nitrogen and oxygen atoms in total. The maximum atomic E-state index is 12.7. The summed E-state index contributed by atoms with van der Waals surface area (Å²) in [5, 5.41) is 16.5. The van der Waals surface area contributed by atoms with Gasteiger partial charge in [-0.3, -0.25) is 9.59 Å². The van der Waals surface area contributed by atoms with Crippen LogP contribution < -0.4 is 5.32 Å². The van der Waals surface area contributed by atoms with E-state index in [0.717, 1.165) is 41.8 Å². The Morgan fingerprint density at radius 2 is 1.96 bits per heavy atom. The summed E-state index contributed by atoms with van der Waals surface area (Å²) >= 11 is 0. The molecule has 1 aliphatic carbocycles. The maximum absolute atomic E-state index is 12.7. The minimum Gasteiger partial charge on any atom is -0.481 e. The number of nitrogens with one attached hydrogen (secondary N) is 1. The van der Waals surface area contributed by atoms with Crippen molar-refractivity contribution in [3.63, 3.8) is 0 Å². The number of carboxylic acids is 1. The zero-order valence-corrected chi connectivity index (χ0v) is 14.7. The first kappa shape index (κ1) is 17.2. The van der Waals surface area contributed by atoms with Crippen molar-refractivity contribution in [3.05, 3.63) is 46.8 Å². The largest absolute Gasteiger partial charge is 0.481 e. The molecule has 0 saturated heterocycles. The lowest BCUT2D eigenvalue weighted by Gasteiger charge is -2.17. The molecule has 6 heteroatoms. The number of carbonyl (C=O) groups excluding carboxylic acids is 1. The molecule has 25 heavy (non-hydrogen) atoms. The smallest absolute Gasteiger partial charge is 0.308 e. The lowest BCUT2D eigenvalue weighted by Crippen LogP contribution is -2.40. The minimum atomic E-state index is -0.927. The van der Waals surface area contributed by atoms with Gasteiger partial charge in [0.15, 0.2) is 5.69 Å². The Morgan fingerprint density at radius 3 is 2.64 bits per heavy atom. The Hall–Kier alpha value is -2.63. The molecule has 1 heterocycles. The zero-order chi connectivity index (χ0) is 18.1. The molecule has 0 saturated carbocycles. The SMILES string of the molecule is Cc1ccccc1-n1nc(C(=O)NC(C)C(C)C(=O)O)c2c1CCC2. The van der Waals surface area contributed by atoms with Gasteiger partial charge in [0.2, 0.25) is 0 Å². The molecule has 3 rings (SSSR count). The highest BCUT2D eigenvalue weighted by Crippen LogP contribution is 2.29. The van der Waals surface area contributed by atoms with E-state index in [9.17, 15) is 9.59 Å². The molecule has 1 aromatic carbocycles. The predicted octanol–water partition coefficient (Wildman–Crippen LogP) is 2.51. The van der Waals surface area contributed by atoms with E-state index in [2.05, 4.69) is 10.4 Å². The van der Waals surface area contributed by atoms with Crippen LogP contribution >= 0.6 is 0 Å². The van der Waals surface area contributed by atoms with Crippen LogP contribution in [-0.4, -0.2) is 32.8 Å². The zero-order valence-electron chi connectivity index (χ0n) is 14.7. The lowest BCUT2D eigenvalue weighted by atomic mass is 10.0. The summed E-state index contributed by atoms with van der Waals surface area (Å²) in [5.41, 5.74) is 4.56. The van der Waals surface area contributed by atoms with Crippen LogP contribution in [0.5, 0.6) is 0 Å². The third kappa shape index (κ3) is 3.16. The van der Waals surface area contributed by atoms with Crippen molar-refractivity contribution < 1.29 is 14.7 Å². The van der Waals surface area contributed by atoms with Gasteiger partial charge in [-0.15, -0.1) is 0 Å². The molecule has 2 aromatic rings. The Bertz CT molecular complexity index is 825. The third-order valence-corrected chi connectivity index (χ3v) is 4.99. The Balaban J connectivity index is 1.93. The molecule has 2 atom stereocenters. The van der Waals surface area contributed by atoms with Crippen molar-refractivity contribution in [1.29, 1.82) is 0 Å². The number of hydrogen-bond acceptors (Lipinski definition) is 3. The highest BCUT2D eigenvalue weighted by molar-refractivity contribution is 5.94. The molecule has 0 fully saturated rings. The van der Waals surface area contributed by atoms with Crippen LogP contribution in [0.15, 0.2) is 24.3 Å². The fourth-order valence-electron chi connectivity index (χ4n) is 3.23. The van der Waals surface area contributed by atoms with Gasteiger partial charge in [-0.25, -0.2) is 4.68 Å². The average Bonchev–Trinajstić information content (AvgIpc) is 3.16. The number of aliphatic carboxylic acids is 1. The number of benzene rings is 1. The fourth-order valence-corrected chi connectivity index (χ4v) is 3.23. The average molecular weight is 341 g/mol. The summed E-state index contributed by atoms with van der Waals surface area (Å²) in [6.07, 6.45) is 2.72. The van der Waals surface area contributed by atoms with E-state index in [1.54, 1.807) is 13.8 Å². The molecule has 0 spiro atoms. The molecule has 0 radical (unpaired) electrons. The van der Waals surface area contributed by atoms with Gasteiger partial charge in [0.05, 0.1) is 11.6 Å². The van der Waals surface area contributed by atoms with Crippen molar-refractivity contribution in [1.82, 2.24) is 15.1 Å². The Labute approximate surface area is 146 Å². The van der Waals surface area contributed by atoms with Crippen LogP contribution in [0, 0.1) is 12.8 Å². The summed E-state index contributed by atoms with van der Waals surface area (Å²) in [6, 6.07) is 7.49. The van der Waals surface area contributed by atoms with Gasteiger partial charge in [-0.1, -0.05) is 18.2 Å². The molecule has 2 N–H and O–H groups in total. The topological polar surface area (TPSA) is 84.2 Å². The second-order valence-corrected chi connectivity index (χ2v) is 6.71. The Morgan fingerprint density at radius 1 is 1.24 bits per heavy atom. The highest BCUT2D eigenvalue weighted by atomic mass is 16.4. The van der Waals surface area contributed by atoms with Gasteiger partial charge >= 0.3 is 5.97 Å². The normalized spacial score (nSPS) is 15.5. The second-order valence-electron chi connectivity index (χ2n) is 6.71. The molecular weight excluding hydrogens is 318 g/mol. The first-order valence-corrected chi connectivity index (χ1v) is 8.60. The molecular formula is C19H23N3O3. The Kier molecular flexibility index (Phi) is 4.61. The maximum Gasteiger partial charge on any atom is 0.308 e. The quantitative estimate of drug-likeness (QED) is 0.875. The van der Waals surface area contributed by atoms with Crippen molar-refractivity contribution in [2.24, 2.45) is 5.92 Å². The number of carbonyl (C=O) groups is 2. The van der Waals surface area contributed by atoms with Crippen LogP contribution in [-0.2, 0) is 17.6 Å². The summed E-state index contributed by atoms with van der Waals surface area (Å²) in [6.45, 7) is 5.31. The third-order valence-electron chi connectivity index (χ3n) is 4.99. The van der Waals surface area contributed by atoms with Crippen molar-refractivity contribution in [3.8, 4) is 5.69 Å². The molecule has 132 valence electrons. The van der Waals surface area contributed by atoms with Crippen LogP contribution in [0.1, 0.15) is 47.6 Å². The van der Waals surface area contributed by atoms with Gasteiger partial charge in [-0.2, -0.15) is 5.10 Å². The number of hydrogen-bond donors (Lipinski definition) is 2. The summed E-state index contributed by atoms with van der Waals surface area (Å²) in [5.74, 6) is -1.88. The van der Waals surface area contributed by atoms with E-state index in [0.29, 0.717) is 5.69 Å². The van der Waals surface area contributed by atoms with E-state index in [1.807, 2.05) is 35.9 Å². The first-order valence-electron chi connectivity index (χ1n) is 8.60. The van der Waals surface area contributed by atoms with E-state index < -0.39 is 17.9 Å². The van der Waals surface area contributed by atoms with Crippen molar-refractivity contribution in [2.75, 3.05) is 0 Å². The monoisotopic (exact) mass is 341 g/mol. The molecule has 0 aliphatic heterocycles. The first-order chi connectivity index (χ1) is 11.9. The van der Waals surface area contributed by atoms with Crippen LogP contribution in [0.2, 0.25) is 0 Å². The number of amides is 1. The van der Waals surface area contributed by atoms with Crippen molar-refractivity contribution in [2.45, 2.75) is 46.1 Å². The molecule has 1 aliphatic rings. The lowest BCUT2D eigenvalue weighted by molar-refractivity contribution is -0.141. The summed E-state index contributed by atoms with van der Waals surface area (Å²) in [4.78, 5) is 23.8. The number of nitrogens with zero attached hydrogens (tertiary/aromatic N) is 2. The number of rotatable bonds is 5. The van der Waals surface area contributed by atoms with E-state index >= 15 is 0 Å². The van der Waals surface area contributed by atoms with Gasteiger partial charge in [0.25, 0.3) is 5.91 Å². The van der Waals surface area contributed by atoms with Crippen LogP contribution in [0.4, 0.5) is 0 Å². The molecule has 1 aromatic heterocycles. The number of carboxylic acid groups (broad SMARTS) is 1. The predicted molar refractivity (Wildman–Crippen MR) is 94.1 cm³/mol. The fraction of sp³-hybridized carbons (Fsp3) is 0.421. The number of para-hydroxylation sites is 1. The molecule has 1 amide bonds. The summed E-state index contributed by atoms with van der Waals surface area (Å²) < 4.78 is 1.87. The van der Waals surface area contributed by atoms with Gasteiger partial charge < -0.3 is 10.4 Å². The summed E-state index contributed by atoms with van der Waals surface area (Å²) in [7, 11) is 0. The standard InChI is InChI=1S/C19H23N3O3/c1-11-7-4-5-9-15(11)22-16-10-6-8-14(16)17(21-22)18(23)20-13(3)12(2)19(24)25/h4-5,7,9,12-13H,6,8,10H2,1-3H3,(H,20,23)(H,24,25). The van der Waals surface area contributed by atoms with Gasteiger partial charge in [0.1, 0.15) is 0 Å². The number of fused-ring (bicyclic) bond motifs is 1. The highest BCUT2D eigenvalue weighted by Gasteiger charge is 2.29. The minimum absolute atomic E-state index is 0.300. The van der Waals surface area contributed by atoms with Gasteiger partial charge in [-0.05, 0) is 51.7 Å². The molecule has 2 unspecified atom stereocenters. The number of aryl methyl sites for hydroxylation is 1. The van der Waals surface area contributed by atoms with Crippen LogP contribution in [0.3, 0.4) is 0 Å². The van der Waals surface area contributed by atoms with E-state index in [-0.39, 0.29) is 5.91 Å². The van der Waals surface area contributed by atoms with Crippen molar-refractivity contribution >= 4 is 11.9 Å². The van der Waals surface area contributed by atoms with E-state index in [4.69, 9.17) is 5.11 Å². The van der Waals surface area contributed by atoms with Gasteiger partial charge in [0, 0.05) is 17.3 Å².